The van der Waals surface area contributed by atoms with E-state index in [2.05, 4.69) is 6.58 Å². The minimum Gasteiger partial charge on any atom is -0.375 e. The lowest BCUT2D eigenvalue weighted by Crippen LogP contribution is -2.41. The second kappa shape index (κ2) is 6.77. The van der Waals surface area contributed by atoms with Crippen LogP contribution in [0, 0.1) is 0 Å². The quantitative estimate of drug-likeness (QED) is 0.429. The normalized spacial score (nSPS) is 17.5. The molecule has 0 aliphatic heterocycles. The first-order valence-electron chi connectivity index (χ1n) is 3.91. The first-order chi connectivity index (χ1) is 6.24. The van der Waals surface area contributed by atoms with Crippen LogP contribution in [0.15, 0.2) is 12.7 Å². The second-order valence-electron chi connectivity index (χ2n) is 2.47. The summed E-state index contributed by atoms with van der Waals surface area (Å²) in [7, 11) is 4.46. The van der Waals surface area contributed by atoms with Crippen molar-refractivity contribution in [1.29, 1.82) is 0 Å². The molecule has 0 aromatic heterocycles. The number of methoxy groups -OCH3 is 3. The minimum absolute atomic E-state index is 0.347. The summed E-state index contributed by atoms with van der Waals surface area (Å²) in [5.41, 5.74) is 0. The average Bonchev–Trinajstić information content (AvgIpc) is 2.18. The molecule has 0 aromatic rings. The van der Waals surface area contributed by atoms with Gasteiger partial charge in [0.25, 0.3) is 0 Å². The van der Waals surface area contributed by atoms with Crippen molar-refractivity contribution >= 4 is 6.29 Å². The molecule has 0 aliphatic rings. The fourth-order valence-electron chi connectivity index (χ4n) is 1.09. The van der Waals surface area contributed by atoms with E-state index in [0.717, 1.165) is 0 Å². The molecular weight excluding hydrogens is 172 g/mol. The van der Waals surface area contributed by atoms with Gasteiger partial charge in [-0.15, -0.1) is 6.58 Å². The Hall–Kier alpha value is -0.710. The van der Waals surface area contributed by atoms with E-state index in [1.807, 2.05) is 0 Å². The number of carbonyl (C=O) groups is 1. The maximum Gasteiger partial charge on any atom is 0.151 e. The van der Waals surface area contributed by atoms with Crippen LogP contribution in [0.3, 0.4) is 0 Å². The first-order valence-corrected chi connectivity index (χ1v) is 3.91. The van der Waals surface area contributed by atoms with Gasteiger partial charge >= 0.3 is 0 Å². The third kappa shape index (κ3) is 3.26. The van der Waals surface area contributed by atoms with Crippen molar-refractivity contribution in [1.82, 2.24) is 0 Å². The van der Waals surface area contributed by atoms with Crippen molar-refractivity contribution in [3.05, 3.63) is 12.7 Å². The number of hydrogen-bond donors (Lipinski definition) is 0. The molecule has 76 valence electrons. The predicted octanol–water partition coefficient (Wildman–Crippen LogP) is 0.416. The van der Waals surface area contributed by atoms with Crippen molar-refractivity contribution in [2.75, 3.05) is 21.3 Å². The molecule has 0 saturated heterocycles. The monoisotopic (exact) mass is 188 g/mol. The zero-order chi connectivity index (χ0) is 10.3. The zero-order valence-corrected chi connectivity index (χ0v) is 8.23. The average molecular weight is 188 g/mol. The lowest BCUT2D eigenvalue weighted by Gasteiger charge is -2.25. The van der Waals surface area contributed by atoms with Crippen molar-refractivity contribution in [3.63, 3.8) is 0 Å². The van der Waals surface area contributed by atoms with E-state index in [4.69, 9.17) is 14.2 Å². The van der Waals surface area contributed by atoms with Gasteiger partial charge in [0.1, 0.15) is 18.3 Å². The molecule has 0 unspecified atom stereocenters. The van der Waals surface area contributed by atoms with Crippen LogP contribution >= 0.6 is 0 Å². The number of carbonyl (C=O) groups excluding carboxylic acids is 1. The molecule has 3 atom stereocenters. The van der Waals surface area contributed by atoms with Crippen LogP contribution in [0.4, 0.5) is 0 Å². The van der Waals surface area contributed by atoms with Crippen LogP contribution < -0.4 is 0 Å². The summed E-state index contributed by atoms with van der Waals surface area (Å²) in [4.78, 5) is 10.6. The van der Waals surface area contributed by atoms with Gasteiger partial charge in [-0.25, -0.2) is 0 Å². The summed E-state index contributed by atoms with van der Waals surface area (Å²) in [5.74, 6) is 0. The van der Waals surface area contributed by atoms with Crippen LogP contribution in [0.2, 0.25) is 0 Å². The van der Waals surface area contributed by atoms with E-state index >= 15 is 0 Å². The molecule has 0 aromatic carbocycles. The number of hydrogen-bond acceptors (Lipinski definition) is 4. The van der Waals surface area contributed by atoms with Gasteiger partial charge in [0.2, 0.25) is 0 Å². The summed E-state index contributed by atoms with van der Waals surface area (Å²) in [6.07, 6.45) is 0.825. The highest BCUT2D eigenvalue weighted by molar-refractivity contribution is 5.57. The molecule has 0 bridgehead atoms. The Labute approximate surface area is 78.5 Å². The molecular formula is C9H16O4. The maximum atomic E-state index is 10.6. The Morgan fingerprint density at radius 1 is 1.08 bits per heavy atom. The summed E-state index contributed by atoms with van der Waals surface area (Å²) >= 11 is 0. The molecule has 0 aliphatic carbocycles. The van der Waals surface area contributed by atoms with Gasteiger partial charge in [-0.2, -0.15) is 0 Å². The SMILES string of the molecule is C=C[C@@H](OC)[C@@H](OC)[C@@H](C=O)OC. The lowest BCUT2D eigenvalue weighted by molar-refractivity contribution is -0.132. The van der Waals surface area contributed by atoms with E-state index < -0.39 is 12.2 Å². The fourth-order valence-corrected chi connectivity index (χ4v) is 1.09. The summed E-state index contributed by atoms with van der Waals surface area (Å²) in [5, 5.41) is 0. The van der Waals surface area contributed by atoms with E-state index in [9.17, 15) is 4.79 Å². The lowest BCUT2D eigenvalue weighted by atomic mass is 10.1. The van der Waals surface area contributed by atoms with E-state index in [1.54, 1.807) is 6.08 Å². The Balaban J connectivity index is 4.43. The summed E-state index contributed by atoms with van der Waals surface area (Å²) in [6.45, 7) is 3.58. The third-order valence-electron chi connectivity index (χ3n) is 1.83. The van der Waals surface area contributed by atoms with Crippen molar-refractivity contribution in [2.45, 2.75) is 18.3 Å². The minimum atomic E-state index is -0.632. The summed E-state index contributed by atoms with van der Waals surface area (Å²) in [6, 6.07) is 0. The Bertz CT molecular complexity index is 142. The first kappa shape index (κ1) is 12.3. The standard InChI is InChI=1S/C9H16O4/c1-5-7(11-2)9(13-4)8(6-10)12-3/h5-9H,1H2,2-4H3/t7-,8-,9-/m1/s1. The van der Waals surface area contributed by atoms with Gasteiger partial charge in [-0.05, 0) is 0 Å². The highest BCUT2D eigenvalue weighted by atomic mass is 16.6. The molecule has 0 heterocycles. The molecule has 0 rings (SSSR count). The topological polar surface area (TPSA) is 44.8 Å². The van der Waals surface area contributed by atoms with Gasteiger partial charge in [0.05, 0.1) is 0 Å². The van der Waals surface area contributed by atoms with Gasteiger partial charge in [-0.1, -0.05) is 6.08 Å². The van der Waals surface area contributed by atoms with Crippen LogP contribution in [0.25, 0.3) is 0 Å². The van der Waals surface area contributed by atoms with Crippen molar-refractivity contribution < 1.29 is 19.0 Å². The maximum absolute atomic E-state index is 10.6. The Morgan fingerprint density at radius 3 is 1.85 bits per heavy atom. The van der Waals surface area contributed by atoms with Gasteiger partial charge in [0.15, 0.2) is 6.29 Å². The van der Waals surface area contributed by atoms with Crippen molar-refractivity contribution in [2.24, 2.45) is 0 Å². The van der Waals surface area contributed by atoms with Gasteiger partial charge < -0.3 is 19.0 Å². The zero-order valence-electron chi connectivity index (χ0n) is 8.23. The molecule has 0 amide bonds. The molecule has 0 spiro atoms. The highest BCUT2D eigenvalue weighted by Crippen LogP contribution is 2.09. The van der Waals surface area contributed by atoms with Crippen LogP contribution in [0.1, 0.15) is 0 Å². The smallest absolute Gasteiger partial charge is 0.151 e. The van der Waals surface area contributed by atoms with Crippen molar-refractivity contribution in [3.8, 4) is 0 Å². The van der Waals surface area contributed by atoms with Crippen LogP contribution in [0.5, 0.6) is 0 Å². The molecule has 0 fully saturated rings. The van der Waals surface area contributed by atoms with Crippen LogP contribution in [-0.4, -0.2) is 45.9 Å². The highest BCUT2D eigenvalue weighted by Gasteiger charge is 2.27. The van der Waals surface area contributed by atoms with E-state index in [1.165, 1.54) is 21.3 Å². The number of aldehydes is 1. The number of rotatable bonds is 7. The summed E-state index contributed by atoms with van der Waals surface area (Å²) < 4.78 is 15.1. The van der Waals surface area contributed by atoms with E-state index in [0.29, 0.717) is 6.29 Å². The molecule has 4 heteroatoms. The van der Waals surface area contributed by atoms with Crippen LogP contribution in [-0.2, 0) is 19.0 Å². The Morgan fingerprint density at radius 2 is 1.62 bits per heavy atom. The molecule has 0 saturated carbocycles. The molecule has 0 N–H and O–H groups in total. The van der Waals surface area contributed by atoms with Gasteiger partial charge in [-0.3, -0.25) is 0 Å². The number of ether oxygens (including phenoxy) is 3. The van der Waals surface area contributed by atoms with E-state index in [-0.39, 0.29) is 6.10 Å². The Kier molecular flexibility index (Phi) is 6.40. The third-order valence-corrected chi connectivity index (χ3v) is 1.83. The molecule has 4 nitrogen and oxygen atoms in total. The second-order valence-corrected chi connectivity index (χ2v) is 2.47. The molecule has 0 radical (unpaired) electrons. The fraction of sp³-hybridized carbons (Fsp3) is 0.667. The largest absolute Gasteiger partial charge is 0.375 e. The molecule has 13 heavy (non-hydrogen) atoms. The van der Waals surface area contributed by atoms with Gasteiger partial charge in [0, 0.05) is 21.3 Å². The predicted molar refractivity (Wildman–Crippen MR) is 48.7 cm³/mol.